The topological polar surface area (TPSA) is 83.4 Å². The van der Waals surface area contributed by atoms with Crippen molar-refractivity contribution in [1.29, 1.82) is 0 Å². The SMILES string of the molecule is COc1cc2c(cc1OC)C(c1ccccc1)N(CCCNC(=O)C=NO)CC2.Cl. The van der Waals surface area contributed by atoms with Crippen LogP contribution >= 0.6 is 12.4 Å². The highest BCUT2D eigenvalue weighted by Gasteiger charge is 2.30. The molecule has 162 valence electrons. The number of hydrogen-bond acceptors (Lipinski definition) is 6. The Labute approximate surface area is 183 Å². The van der Waals surface area contributed by atoms with Crippen molar-refractivity contribution in [2.75, 3.05) is 33.9 Å². The number of ether oxygens (including phenoxy) is 2. The Morgan fingerprint density at radius 1 is 1.23 bits per heavy atom. The molecule has 0 fully saturated rings. The third-order valence-electron chi connectivity index (χ3n) is 5.19. The van der Waals surface area contributed by atoms with E-state index >= 15 is 0 Å². The first-order valence-electron chi connectivity index (χ1n) is 9.67. The van der Waals surface area contributed by atoms with E-state index in [0.29, 0.717) is 6.54 Å². The lowest BCUT2D eigenvalue weighted by Gasteiger charge is -2.38. The first-order chi connectivity index (χ1) is 14.2. The molecular formula is C22H28ClN3O4. The summed E-state index contributed by atoms with van der Waals surface area (Å²) in [7, 11) is 3.31. The molecule has 7 nitrogen and oxygen atoms in total. The van der Waals surface area contributed by atoms with Crippen molar-refractivity contribution in [3.63, 3.8) is 0 Å². The zero-order valence-electron chi connectivity index (χ0n) is 17.2. The van der Waals surface area contributed by atoms with Crippen LogP contribution in [0.5, 0.6) is 11.5 Å². The number of nitrogens with zero attached hydrogens (tertiary/aromatic N) is 2. The van der Waals surface area contributed by atoms with Gasteiger partial charge in [-0.1, -0.05) is 35.5 Å². The van der Waals surface area contributed by atoms with E-state index in [1.807, 2.05) is 6.07 Å². The average Bonchev–Trinajstić information content (AvgIpc) is 2.76. The van der Waals surface area contributed by atoms with Crippen molar-refractivity contribution in [3.8, 4) is 11.5 Å². The molecule has 2 aromatic rings. The minimum absolute atomic E-state index is 0. The fraction of sp³-hybridized carbons (Fsp3) is 0.364. The molecule has 0 aromatic heterocycles. The fourth-order valence-corrected chi connectivity index (χ4v) is 3.86. The fourth-order valence-electron chi connectivity index (χ4n) is 3.86. The van der Waals surface area contributed by atoms with Crippen molar-refractivity contribution in [2.24, 2.45) is 5.16 Å². The van der Waals surface area contributed by atoms with E-state index in [4.69, 9.17) is 14.7 Å². The minimum Gasteiger partial charge on any atom is -0.493 e. The molecule has 2 aromatic carbocycles. The van der Waals surface area contributed by atoms with Gasteiger partial charge in [0.1, 0.15) is 6.21 Å². The summed E-state index contributed by atoms with van der Waals surface area (Å²) in [5.74, 6) is 1.08. The van der Waals surface area contributed by atoms with Gasteiger partial charge in [-0.3, -0.25) is 9.69 Å². The summed E-state index contributed by atoms with van der Waals surface area (Å²) in [5.41, 5.74) is 3.70. The molecule has 1 aliphatic rings. The first-order valence-corrected chi connectivity index (χ1v) is 9.67. The van der Waals surface area contributed by atoms with E-state index < -0.39 is 5.91 Å². The number of carbonyl (C=O) groups is 1. The largest absolute Gasteiger partial charge is 0.493 e. The van der Waals surface area contributed by atoms with Crippen LogP contribution in [0.25, 0.3) is 0 Å². The summed E-state index contributed by atoms with van der Waals surface area (Å²) in [6.07, 6.45) is 2.57. The molecule has 8 heteroatoms. The lowest BCUT2D eigenvalue weighted by molar-refractivity contribution is -0.114. The van der Waals surface area contributed by atoms with Crippen LogP contribution in [0, 0.1) is 0 Å². The maximum atomic E-state index is 11.4. The zero-order valence-corrected chi connectivity index (χ0v) is 18.0. The Bertz CT molecular complexity index is 861. The van der Waals surface area contributed by atoms with Gasteiger partial charge in [0.2, 0.25) is 0 Å². The van der Waals surface area contributed by atoms with Crippen molar-refractivity contribution in [1.82, 2.24) is 10.2 Å². The molecule has 0 radical (unpaired) electrons. The molecule has 2 N–H and O–H groups in total. The normalized spacial score (nSPS) is 15.9. The van der Waals surface area contributed by atoms with Gasteiger partial charge < -0.3 is 20.0 Å². The van der Waals surface area contributed by atoms with Gasteiger partial charge in [0.25, 0.3) is 5.91 Å². The summed E-state index contributed by atoms with van der Waals surface area (Å²) >= 11 is 0. The molecule has 30 heavy (non-hydrogen) atoms. The molecule has 0 bridgehead atoms. The second kappa shape index (κ2) is 11.4. The van der Waals surface area contributed by atoms with Gasteiger partial charge in [-0.15, -0.1) is 12.4 Å². The van der Waals surface area contributed by atoms with Crippen molar-refractivity contribution in [2.45, 2.75) is 18.9 Å². The Balaban J connectivity index is 0.00000320. The first kappa shape index (κ1) is 23.5. The summed E-state index contributed by atoms with van der Waals surface area (Å²) in [5, 5.41) is 13.9. The van der Waals surface area contributed by atoms with Crippen LogP contribution < -0.4 is 14.8 Å². The smallest absolute Gasteiger partial charge is 0.265 e. The van der Waals surface area contributed by atoms with Gasteiger partial charge in [-0.25, -0.2) is 0 Å². The zero-order chi connectivity index (χ0) is 20.6. The lowest BCUT2D eigenvalue weighted by atomic mass is 9.87. The molecule has 1 unspecified atom stereocenters. The van der Waals surface area contributed by atoms with Crippen LogP contribution in [0.2, 0.25) is 0 Å². The molecule has 1 heterocycles. The number of amides is 1. The van der Waals surface area contributed by atoms with E-state index in [-0.39, 0.29) is 18.4 Å². The molecule has 0 saturated carbocycles. The summed E-state index contributed by atoms with van der Waals surface area (Å²) in [4.78, 5) is 13.8. The Morgan fingerprint density at radius 2 is 1.93 bits per heavy atom. The average molecular weight is 434 g/mol. The molecule has 1 atom stereocenters. The number of benzene rings is 2. The lowest BCUT2D eigenvalue weighted by Crippen LogP contribution is -2.38. The van der Waals surface area contributed by atoms with E-state index in [9.17, 15) is 4.79 Å². The second-order valence-corrected chi connectivity index (χ2v) is 6.89. The number of halogens is 1. The second-order valence-electron chi connectivity index (χ2n) is 6.89. The minimum atomic E-state index is -0.395. The Kier molecular flexibility index (Phi) is 8.95. The Hall–Kier alpha value is -2.77. The van der Waals surface area contributed by atoms with Gasteiger partial charge in [-0.05, 0) is 41.7 Å². The monoisotopic (exact) mass is 433 g/mol. The summed E-state index contributed by atoms with van der Waals surface area (Å²) in [6.45, 7) is 2.25. The van der Waals surface area contributed by atoms with Crippen molar-refractivity contribution >= 4 is 24.5 Å². The third-order valence-corrected chi connectivity index (χ3v) is 5.19. The van der Waals surface area contributed by atoms with Crippen LogP contribution in [-0.4, -0.2) is 56.1 Å². The summed E-state index contributed by atoms with van der Waals surface area (Å²) < 4.78 is 11.0. The molecular weight excluding hydrogens is 406 g/mol. The van der Waals surface area contributed by atoms with Gasteiger partial charge in [-0.2, -0.15) is 0 Å². The predicted octanol–water partition coefficient (Wildman–Crippen LogP) is 3.04. The van der Waals surface area contributed by atoms with Gasteiger partial charge >= 0.3 is 0 Å². The molecule has 0 spiro atoms. The van der Waals surface area contributed by atoms with Crippen molar-refractivity contribution < 1.29 is 19.5 Å². The highest BCUT2D eigenvalue weighted by atomic mass is 35.5. The third kappa shape index (κ3) is 5.43. The van der Waals surface area contributed by atoms with Crippen LogP contribution in [0.4, 0.5) is 0 Å². The number of nitrogens with one attached hydrogen (secondary N) is 1. The highest BCUT2D eigenvalue weighted by molar-refractivity contribution is 6.25. The van der Waals surface area contributed by atoms with E-state index in [0.717, 1.165) is 43.6 Å². The highest BCUT2D eigenvalue weighted by Crippen LogP contribution is 2.40. The van der Waals surface area contributed by atoms with E-state index in [1.54, 1.807) is 14.2 Å². The molecule has 1 aliphatic heterocycles. The van der Waals surface area contributed by atoms with Gasteiger partial charge in [0, 0.05) is 19.6 Å². The van der Waals surface area contributed by atoms with Crippen LogP contribution in [0.3, 0.4) is 0 Å². The quantitative estimate of drug-likeness (QED) is 0.289. The molecule has 3 rings (SSSR count). The molecule has 0 saturated heterocycles. The predicted molar refractivity (Wildman–Crippen MR) is 118 cm³/mol. The maximum Gasteiger partial charge on any atom is 0.265 e. The maximum absolute atomic E-state index is 11.4. The van der Waals surface area contributed by atoms with Gasteiger partial charge in [0.15, 0.2) is 11.5 Å². The number of fused-ring (bicyclic) bond motifs is 1. The van der Waals surface area contributed by atoms with E-state index in [2.05, 4.69) is 51.8 Å². The molecule has 1 amide bonds. The number of carbonyl (C=O) groups excluding carboxylic acids is 1. The number of methoxy groups -OCH3 is 2. The summed E-state index contributed by atoms with van der Waals surface area (Å²) in [6, 6.07) is 14.7. The Morgan fingerprint density at radius 3 is 2.60 bits per heavy atom. The molecule has 0 aliphatic carbocycles. The van der Waals surface area contributed by atoms with Crippen molar-refractivity contribution in [3.05, 3.63) is 59.2 Å². The van der Waals surface area contributed by atoms with Crippen LogP contribution in [0.15, 0.2) is 47.6 Å². The number of oxime groups is 1. The number of rotatable bonds is 8. The van der Waals surface area contributed by atoms with Gasteiger partial charge in [0.05, 0.1) is 20.3 Å². The van der Waals surface area contributed by atoms with Crippen LogP contribution in [0.1, 0.15) is 29.2 Å². The standard InChI is InChI=1S/C22H27N3O4.ClH/c1-28-19-13-17-9-12-25(11-6-10-23-21(26)15-24-27)22(16-7-4-3-5-8-16)18(17)14-20(19)29-2;/h3-5,7-8,13-15,22,27H,6,9-12H2,1-2H3,(H,23,26);1H. The van der Waals surface area contributed by atoms with E-state index in [1.165, 1.54) is 16.7 Å². The number of hydrogen-bond donors (Lipinski definition) is 2. The van der Waals surface area contributed by atoms with Crippen LogP contribution in [-0.2, 0) is 11.2 Å².